The highest BCUT2D eigenvalue weighted by Gasteiger charge is 2.23. The molecule has 0 aliphatic heterocycles. The molecule has 4 nitrogen and oxygen atoms in total. The van der Waals surface area contributed by atoms with Crippen LogP contribution in [-0.2, 0) is 12.8 Å². The number of nitrogens with zero attached hydrogens (tertiary/aromatic N) is 3. The quantitative estimate of drug-likeness (QED) is 0.690. The summed E-state index contributed by atoms with van der Waals surface area (Å²) in [7, 11) is 0. The zero-order chi connectivity index (χ0) is 16.7. The van der Waals surface area contributed by atoms with E-state index in [1.807, 2.05) is 43.3 Å². The summed E-state index contributed by atoms with van der Waals surface area (Å²) in [5.74, 6) is 0.294. The summed E-state index contributed by atoms with van der Waals surface area (Å²) in [6, 6.07) is 15.2. The number of benzene rings is 2. The molecule has 0 N–H and O–H groups in total. The molecule has 0 radical (unpaired) electrons. The second kappa shape index (κ2) is 5.61. The van der Waals surface area contributed by atoms with Gasteiger partial charge in [0.1, 0.15) is 6.07 Å². The Hall–Kier alpha value is -2.93. The number of nitriles is 1. The summed E-state index contributed by atoms with van der Waals surface area (Å²) in [5.41, 5.74) is 4.90. The number of aryl methyl sites for hydroxylation is 2. The molecule has 0 spiro atoms. The maximum absolute atomic E-state index is 13.0. The minimum atomic E-state index is -0.466. The van der Waals surface area contributed by atoms with E-state index in [-0.39, 0.29) is 11.6 Å². The predicted octanol–water partition coefficient (Wildman–Crippen LogP) is 3.84. The van der Waals surface area contributed by atoms with E-state index in [1.165, 1.54) is 11.1 Å². The average molecular weight is 315 g/mol. The van der Waals surface area contributed by atoms with E-state index in [2.05, 4.69) is 17.1 Å². The van der Waals surface area contributed by atoms with Gasteiger partial charge in [0.2, 0.25) is 5.82 Å². The van der Waals surface area contributed by atoms with Crippen LogP contribution in [0, 0.1) is 11.3 Å². The van der Waals surface area contributed by atoms with E-state index in [1.54, 1.807) is 4.57 Å². The first-order valence-electron chi connectivity index (χ1n) is 8.22. The number of aromatic nitrogens is 2. The van der Waals surface area contributed by atoms with Gasteiger partial charge in [0.25, 0.3) is 0 Å². The third-order valence-corrected chi connectivity index (χ3v) is 4.85. The minimum Gasteiger partial charge on any atom is -0.305 e. The molecule has 1 aliphatic rings. The van der Waals surface area contributed by atoms with E-state index in [0.717, 1.165) is 30.3 Å². The molecule has 0 saturated heterocycles. The first-order chi connectivity index (χ1) is 11.7. The fourth-order valence-electron chi connectivity index (χ4n) is 3.60. The van der Waals surface area contributed by atoms with Crippen LogP contribution in [0.3, 0.4) is 0 Å². The highest BCUT2D eigenvalue weighted by Crippen LogP contribution is 2.27. The van der Waals surface area contributed by atoms with Crippen molar-refractivity contribution in [3.63, 3.8) is 0 Å². The first-order valence-corrected chi connectivity index (χ1v) is 8.22. The number of fused-ring (bicyclic) bond motifs is 2. The van der Waals surface area contributed by atoms with Crippen molar-refractivity contribution in [2.45, 2.75) is 32.2 Å². The Morgan fingerprint density at radius 2 is 2.00 bits per heavy atom. The molecule has 1 aromatic heterocycles. The topological polar surface area (TPSA) is 58.7 Å². The van der Waals surface area contributed by atoms with Crippen molar-refractivity contribution in [3.8, 4) is 6.07 Å². The minimum absolute atomic E-state index is 0.0179. The maximum atomic E-state index is 13.0. The van der Waals surface area contributed by atoms with Gasteiger partial charge in [0.15, 0.2) is 5.78 Å². The van der Waals surface area contributed by atoms with Gasteiger partial charge in [-0.3, -0.25) is 4.79 Å². The van der Waals surface area contributed by atoms with Gasteiger partial charge < -0.3 is 4.57 Å². The Kier molecular flexibility index (Phi) is 3.42. The van der Waals surface area contributed by atoms with Crippen LogP contribution in [0.4, 0.5) is 0 Å². The number of hydrogen-bond acceptors (Lipinski definition) is 3. The number of para-hydroxylation sites is 2. The standard InChI is InChI=1S/C20H17N3O/c1-13(20(24)16-10-9-14-5-4-6-15(14)11-16)23-18-8-3-2-7-17(18)22-19(23)12-21/h2-3,7-11,13H,4-6H2,1H3. The van der Waals surface area contributed by atoms with Gasteiger partial charge in [0, 0.05) is 5.56 Å². The van der Waals surface area contributed by atoms with Crippen molar-refractivity contribution in [2.75, 3.05) is 0 Å². The van der Waals surface area contributed by atoms with E-state index in [4.69, 9.17) is 0 Å². The van der Waals surface area contributed by atoms with E-state index in [0.29, 0.717) is 5.56 Å². The Bertz CT molecular complexity index is 994. The van der Waals surface area contributed by atoms with E-state index in [9.17, 15) is 10.1 Å². The Balaban J connectivity index is 1.77. The van der Waals surface area contributed by atoms with Crippen LogP contribution in [0.2, 0.25) is 0 Å². The molecular formula is C20H17N3O. The summed E-state index contributed by atoms with van der Waals surface area (Å²) < 4.78 is 1.74. The molecule has 0 amide bonds. The van der Waals surface area contributed by atoms with Gasteiger partial charge in [0.05, 0.1) is 17.1 Å². The lowest BCUT2D eigenvalue weighted by Crippen LogP contribution is -2.18. The van der Waals surface area contributed by atoms with Gasteiger partial charge >= 0.3 is 0 Å². The maximum Gasteiger partial charge on any atom is 0.214 e. The fraction of sp³-hybridized carbons (Fsp3) is 0.250. The molecule has 1 heterocycles. The summed E-state index contributed by atoms with van der Waals surface area (Å²) in [4.78, 5) is 17.3. The third-order valence-electron chi connectivity index (χ3n) is 4.85. The molecule has 0 bridgehead atoms. The van der Waals surface area contributed by atoms with Gasteiger partial charge in [-0.15, -0.1) is 0 Å². The Morgan fingerprint density at radius 3 is 2.83 bits per heavy atom. The molecule has 1 aliphatic carbocycles. The number of carbonyl (C=O) groups is 1. The first kappa shape index (κ1) is 14.6. The lowest BCUT2D eigenvalue weighted by Gasteiger charge is -2.15. The summed E-state index contributed by atoms with van der Waals surface area (Å²) in [5, 5.41) is 9.40. The van der Waals surface area contributed by atoms with Gasteiger partial charge in [-0.05, 0) is 55.5 Å². The van der Waals surface area contributed by atoms with Gasteiger partial charge in [-0.2, -0.15) is 5.26 Å². The summed E-state index contributed by atoms with van der Waals surface area (Å²) in [6.45, 7) is 1.84. The molecular weight excluding hydrogens is 298 g/mol. The predicted molar refractivity (Wildman–Crippen MR) is 92.0 cm³/mol. The zero-order valence-electron chi connectivity index (χ0n) is 13.5. The molecule has 2 aromatic carbocycles. The SMILES string of the molecule is CC(C(=O)c1ccc2c(c1)CCC2)n1c(C#N)nc2ccccc21. The van der Waals surface area contributed by atoms with Gasteiger partial charge in [-0.25, -0.2) is 4.98 Å². The van der Waals surface area contributed by atoms with E-state index >= 15 is 0 Å². The average Bonchev–Trinajstić information content (AvgIpc) is 3.23. The molecule has 1 atom stereocenters. The number of carbonyl (C=O) groups excluding carboxylic acids is 1. The van der Waals surface area contributed by atoms with Crippen LogP contribution in [-0.4, -0.2) is 15.3 Å². The van der Waals surface area contributed by atoms with Crippen LogP contribution in [0.25, 0.3) is 11.0 Å². The highest BCUT2D eigenvalue weighted by atomic mass is 16.1. The van der Waals surface area contributed by atoms with Crippen molar-refractivity contribution >= 4 is 16.8 Å². The lowest BCUT2D eigenvalue weighted by atomic mass is 10.00. The highest BCUT2D eigenvalue weighted by molar-refractivity contribution is 6.00. The van der Waals surface area contributed by atoms with Crippen LogP contribution < -0.4 is 0 Å². The lowest BCUT2D eigenvalue weighted by molar-refractivity contribution is 0.0936. The van der Waals surface area contributed by atoms with Crippen molar-refractivity contribution in [1.29, 1.82) is 5.26 Å². The summed E-state index contributed by atoms with van der Waals surface area (Å²) in [6.07, 6.45) is 3.31. The van der Waals surface area contributed by atoms with Crippen LogP contribution >= 0.6 is 0 Å². The third kappa shape index (κ3) is 2.21. The normalized spacial score (nSPS) is 14.3. The van der Waals surface area contributed by atoms with Crippen molar-refractivity contribution < 1.29 is 4.79 Å². The molecule has 0 saturated carbocycles. The molecule has 4 rings (SSSR count). The van der Waals surface area contributed by atoms with Crippen LogP contribution in [0.1, 0.15) is 46.7 Å². The number of ketones is 1. The van der Waals surface area contributed by atoms with Crippen LogP contribution in [0.15, 0.2) is 42.5 Å². The molecule has 1 unspecified atom stereocenters. The number of Topliss-reactive ketones (excluding diaryl/α,β-unsaturated/α-hetero) is 1. The van der Waals surface area contributed by atoms with Crippen molar-refractivity contribution in [3.05, 3.63) is 65.0 Å². The summed E-state index contributed by atoms with van der Waals surface area (Å²) >= 11 is 0. The van der Waals surface area contributed by atoms with Crippen molar-refractivity contribution in [1.82, 2.24) is 9.55 Å². The second-order valence-electron chi connectivity index (χ2n) is 6.28. The Morgan fingerprint density at radius 1 is 1.21 bits per heavy atom. The number of hydrogen-bond donors (Lipinski definition) is 0. The zero-order valence-corrected chi connectivity index (χ0v) is 13.5. The fourth-order valence-corrected chi connectivity index (χ4v) is 3.60. The monoisotopic (exact) mass is 315 g/mol. The van der Waals surface area contributed by atoms with Gasteiger partial charge in [-0.1, -0.05) is 24.3 Å². The molecule has 0 fully saturated rings. The smallest absolute Gasteiger partial charge is 0.214 e. The Labute approximate surface area is 140 Å². The van der Waals surface area contributed by atoms with Crippen molar-refractivity contribution in [2.24, 2.45) is 0 Å². The molecule has 118 valence electrons. The largest absolute Gasteiger partial charge is 0.305 e. The number of rotatable bonds is 3. The molecule has 24 heavy (non-hydrogen) atoms. The second-order valence-corrected chi connectivity index (χ2v) is 6.28. The van der Waals surface area contributed by atoms with E-state index < -0.39 is 6.04 Å². The molecule has 3 aromatic rings. The molecule has 4 heteroatoms. The number of imidazole rings is 1. The van der Waals surface area contributed by atoms with Crippen LogP contribution in [0.5, 0.6) is 0 Å².